The predicted molar refractivity (Wildman–Crippen MR) is 110 cm³/mol. The van der Waals surface area contributed by atoms with E-state index in [4.69, 9.17) is 4.74 Å². The summed E-state index contributed by atoms with van der Waals surface area (Å²) in [5, 5.41) is 2.84. The maximum absolute atomic E-state index is 12.6. The number of nitrogens with one attached hydrogen (secondary N) is 1. The number of carbonyl (C=O) groups excluding carboxylic acids is 3. The summed E-state index contributed by atoms with van der Waals surface area (Å²) in [4.78, 5) is 38.4. The molecule has 1 atom stereocenters. The van der Waals surface area contributed by atoms with Crippen LogP contribution in [0, 0.1) is 5.92 Å². The van der Waals surface area contributed by atoms with Gasteiger partial charge in [0.15, 0.2) is 0 Å². The summed E-state index contributed by atoms with van der Waals surface area (Å²) in [5.74, 6) is -0.912. The van der Waals surface area contributed by atoms with E-state index < -0.39 is 0 Å². The van der Waals surface area contributed by atoms with E-state index in [1.807, 2.05) is 37.3 Å². The third kappa shape index (κ3) is 5.67. The average Bonchev–Trinajstić information content (AvgIpc) is 3.12. The molecule has 0 bridgehead atoms. The van der Waals surface area contributed by atoms with Crippen LogP contribution in [0.5, 0.6) is 0 Å². The SMILES string of the molecule is CCCOC(=O)c1ccc(NC(=O)C2CC(=O)N(CCc3ccccc3)C2)cc1. The number of benzene rings is 2. The number of likely N-dealkylation sites (tertiary alicyclic amines) is 1. The Kier molecular flexibility index (Phi) is 7.00. The number of hydrogen-bond acceptors (Lipinski definition) is 4. The second-order valence-electron chi connectivity index (χ2n) is 7.18. The summed E-state index contributed by atoms with van der Waals surface area (Å²) < 4.78 is 5.09. The molecule has 2 aromatic carbocycles. The molecular formula is C23H26N2O4. The molecule has 3 rings (SSSR count). The molecule has 6 heteroatoms. The number of hydrogen-bond donors (Lipinski definition) is 1. The molecule has 1 fully saturated rings. The van der Waals surface area contributed by atoms with Crippen molar-refractivity contribution in [2.24, 2.45) is 5.92 Å². The van der Waals surface area contributed by atoms with Crippen molar-refractivity contribution < 1.29 is 19.1 Å². The Hall–Kier alpha value is -3.15. The lowest BCUT2D eigenvalue weighted by atomic mass is 10.1. The van der Waals surface area contributed by atoms with Gasteiger partial charge in [0.25, 0.3) is 0 Å². The zero-order valence-corrected chi connectivity index (χ0v) is 16.6. The Morgan fingerprint density at radius 2 is 1.83 bits per heavy atom. The maximum atomic E-state index is 12.6. The van der Waals surface area contributed by atoms with Crippen molar-refractivity contribution in [3.63, 3.8) is 0 Å². The molecule has 2 aromatic rings. The Labute approximate surface area is 170 Å². The predicted octanol–water partition coefficient (Wildman–Crippen LogP) is 3.28. The minimum atomic E-state index is -0.375. The van der Waals surface area contributed by atoms with Gasteiger partial charge in [-0.05, 0) is 42.7 Å². The zero-order chi connectivity index (χ0) is 20.6. The number of nitrogens with zero attached hydrogens (tertiary/aromatic N) is 1. The largest absolute Gasteiger partial charge is 0.462 e. The Balaban J connectivity index is 1.50. The lowest BCUT2D eigenvalue weighted by molar-refractivity contribution is -0.128. The van der Waals surface area contributed by atoms with Gasteiger partial charge in [0.05, 0.1) is 18.1 Å². The number of carbonyl (C=O) groups is 3. The molecule has 6 nitrogen and oxygen atoms in total. The van der Waals surface area contributed by atoms with Gasteiger partial charge < -0.3 is 15.0 Å². The topological polar surface area (TPSA) is 75.7 Å². The van der Waals surface area contributed by atoms with Gasteiger partial charge in [0, 0.05) is 25.2 Å². The molecule has 0 saturated carbocycles. The van der Waals surface area contributed by atoms with E-state index >= 15 is 0 Å². The number of esters is 1. The fraction of sp³-hybridized carbons (Fsp3) is 0.348. The van der Waals surface area contributed by atoms with E-state index in [0.717, 1.165) is 12.8 Å². The van der Waals surface area contributed by atoms with Crippen LogP contribution in [-0.2, 0) is 20.7 Å². The first-order chi connectivity index (χ1) is 14.1. The average molecular weight is 394 g/mol. The van der Waals surface area contributed by atoms with Crippen LogP contribution < -0.4 is 5.32 Å². The molecule has 1 N–H and O–H groups in total. The van der Waals surface area contributed by atoms with Crippen molar-refractivity contribution in [1.29, 1.82) is 0 Å². The smallest absolute Gasteiger partial charge is 0.338 e. The van der Waals surface area contributed by atoms with Gasteiger partial charge in [-0.2, -0.15) is 0 Å². The minimum absolute atomic E-state index is 0.00935. The van der Waals surface area contributed by atoms with Crippen LogP contribution >= 0.6 is 0 Å². The van der Waals surface area contributed by atoms with Gasteiger partial charge in [0.2, 0.25) is 11.8 Å². The standard InChI is InChI=1S/C23H26N2O4/c1-2-14-29-23(28)18-8-10-20(11-9-18)24-22(27)19-15-21(26)25(16-19)13-12-17-6-4-3-5-7-17/h3-11,19H,2,12-16H2,1H3,(H,24,27). The minimum Gasteiger partial charge on any atom is -0.462 e. The van der Waals surface area contributed by atoms with Crippen LogP contribution in [0.2, 0.25) is 0 Å². The number of rotatable bonds is 8. The van der Waals surface area contributed by atoms with E-state index in [2.05, 4.69) is 5.32 Å². The van der Waals surface area contributed by atoms with E-state index in [-0.39, 0.29) is 30.1 Å². The fourth-order valence-electron chi connectivity index (χ4n) is 3.28. The first-order valence-electron chi connectivity index (χ1n) is 9.96. The van der Waals surface area contributed by atoms with Crippen LogP contribution in [0.3, 0.4) is 0 Å². The molecule has 0 radical (unpaired) electrons. The molecule has 1 aliphatic rings. The van der Waals surface area contributed by atoms with Gasteiger partial charge in [-0.3, -0.25) is 9.59 Å². The molecule has 152 valence electrons. The summed E-state index contributed by atoms with van der Waals surface area (Å²) in [5.41, 5.74) is 2.21. The molecule has 0 aliphatic carbocycles. The van der Waals surface area contributed by atoms with Gasteiger partial charge in [-0.25, -0.2) is 4.79 Å². The van der Waals surface area contributed by atoms with Crippen molar-refractivity contribution in [1.82, 2.24) is 4.90 Å². The number of anilines is 1. The second-order valence-corrected chi connectivity index (χ2v) is 7.18. The summed E-state index contributed by atoms with van der Waals surface area (Å²) in [7, 11) is 0. The normalized spacial score (nSPS) is 16.0. The molecule has 1 heterocycles. The van der Waals surface area contributed by atoms with Crippen molar-refractivity contribution in [3.05, 3.63) is 65.7 Å². The molecule has 2 amide bonds. The second kappa shape index (κ2) is 9.87. The highest BCUT2D eigenvalue weighted by Crippen LogP contribution is 2.21. The molecular weight excluding hydrogens is 368 g/mol. The highest BCUT2D eigenvalue weighted by molar-refractivity contribution is 5.97. The van der Waals surface area contributed by atoms with E-state index in [1.54, 1.807) is 29.2 Å². The zero-order valence-electron chi connectivity index (χ0n) is 16.6. The first kappa shape index (κ1) is 20.6. The van der Waals surface area contributed by atoms with Gasteiger partial charge in [-0.15, -0.1) is 0 Å². The van der Waals surface area contributed by atoms with Crippen molar-refractivity contribution in [2.45, 2.75) is 26.2 Å². The molecule has 1 aliphatic heterocycles. The van der Waals surface area contributed by atoms with E-state index in [9.17, 15) is 14.4 Å². The van der Waals surface area contributed by atoms with Gasteiger partial charge in [0.1, 0.15) is 0 Å². The van der Waals surface area contributed by atoms with Crippen LogP contribution in [0.25, 0.3) is 0 Å². The van der Waals surface area contributed by atoms with Crippen LogP contribution in [0.15, 0.2) is 54.6 Å². The highest BCUT2D eigenvalue weighted by Gasteiger charge is 2.34. The lowest BCUT2D eigenvalue weighted by Crippen LogP contribution is -2.30. The van der Waals surface area contributed by atoms with Crippen molar-refractivity contribution >= 4 is 23.5 Å². The monoisotopic (exact) mass is 394 g/mol. The summed E-state index contributed by atoms with van der Waals surface area (Å²) >= 11 is 0. The van der Waals surface area contributed by atoms with Gasteiger partial charge in [-0.1, -0.05) is 37.3 Å². The first-order valence-corrected chi connectivity index (χ1v) is 9.96. The highest BCUT2D eigenvalue weighted by atomic mass is 16.5. The molecule has 29 heavy (non-hydrogen) atoms. The fourth-order valence-corrected chi connectivity index (χ4v) is 3.28. The Morgan fingerprint density at radius 1 is 1.10 bits per heavy atom. The van der Waals surface area contributed by atoms with E-state index in [1.165, 1.54) is 5.56 Å². The van der Waals surface area contributed by atoms with Crippen LogP contribution in [0.1, 0.15) is 35.7 Å². The van der Waals surface area contributed by atoms with Crippen LogP contribution in [-0.4, -0.2) is 42.4 Å². The van der Waals surface area contributed by atoms with Crippen molar-refractivity contribution in [3.8, 4) is 0 Å². The number of amides is 2. The molecule has 0 spiro atoms. The van der Waals surface area contributed by atoms with Crippen molar-refractivity contribution in [2.75, 3.05) is 25.0 Å². The quantitative estimate of drug-likeness (QED) is 0.697. The number of ether oxygens (including phenoxy) is 1. The third-order valence-electron chi connectivity index (χ3n) is 4.92. The third-order valence-corrected chi connectivity index (χ3v) is 4.92. The summed E-state index contributed by atoms with van der Waals surface area (Å²) in [6.45, 7) is 3.36. The molecule has 1 saturated heterocycles. The summed E-state index contributed by atoms with van der Waals surface area (Å²) in [6, 6.07) is 16.6. The maximum Gasteiger partial charge on any atom is 0.338 e. The Morgan fingerprint density at radius 3 is 2.52 bits per heavy atom. The van der Waals surface area contributed by atoms with E-state index in [0.29, 0.717) is 30.9 Å². The lowest BCUT2D eigenvalue weighted by Gasteiger charge is -2.16. The Bertz CT molecular complexity index is 849. The van der Waals surface area contributed by atoms with Gasteiger partial charge >= 0.3 is 5.97 Å². The molecule has 0 aromatic heterocycles. The molecule has 1 unspecified atom stereocenters. The summed E-state index contributed by atoms with van der Waals surface area (Å²) in [6.07, 6.45) is 1.76. The van der Waals surface area contributed by atoms with Crippen LogP contribution in [0.4, 0.5) is 5.69 Å².